The van der Waals surface area contributed by atoms with Crippen molar-refractivity contribution in [3.8, 4) is 22.4 Å². The molecule has 2 aromatic carbocycles. The topological polar surface area (TPSA) is 80.1 Å². The number of fused-ring (bicyclic) bond motifs is 1. The maximum Gasteiger partial charge on any atom is 0.253 e. The molecule has 0 atom stereocenters. The summed E-state index contributed by atoms with van der Waals surface area (Å²) >= 11 is 0. The monoisotopic (exact) mass is 445 g/mol. The average Bonchev–Trinajstić information content (AvgIpc) is 3.14. The molecule has 2 heterocycles. The minimum atomic E-state index is -0.583. The molecule has 2 amide bonds. The lowest BCUT2D eigenvalue weighted by Crippen LogP contribution is -2.28. The van der Waals surface area contributed by atoms with Crippen molar-refractivity contribution < 1.29 is 14.0 Å². The number of benzene rings is 2. The Balaban J connectivity index is 1.74. The zero-order valence-corrected chi connectivity index (χ0v) is 18.7. The summed E-state index contributed by atoms with van der Waals surface area (Å²) in [4.78, 5) is 29.8. The van der Waals surface area contributed by atoms with Gasteiger partial charge in [-0.25, -0.2) is 14.1 Å². The van der Waals surface area contributed by atoms with Gasteiger partial charge in [-0.2, -0.15) is 5.10 Å². The standard InChI is InChI=1S/C25H24FN5O2/c1-16(32)28-21-14-22-23(29-31(3)24(22)27-15-21)19-8-4-6-17(12-19)18-7-5-9-20(13-18)25(33)30(2)11-10-26/h4-9,12-15H,10-11H2,1-3H3,(H,28,32). The number of rotatable bonds is 6. The van der Waals surface area contributed by atoms with Crippen LogP contribution >= 0.6 is 0 Å². The Kier molecular flexibility index (Phi) is 6.17. The molecular formula is C25H24FN5O2. The summed E-state index contributed by atoms with van der Waals surface area (Å²) in [6.45, 7) is 0.923. The zero-order valence-electron chi connectivity index (χ0n) is 18.7. The van der Waals surface area contributed by atoms with Crippen LogP contribution in [0.15, 0.2) is 60.8 Å². The number of hydrogen-bond donors (Lipinski definition) is 1. The van der Waals surface area contributed by atoms with E-state index in [2.05, 4.69) is 15.4 Å². The van der Waals surface area contributed by atoms with Gasteiger partial charge in [-0.15, -0.1) is 0 Å². The van der Waals surface area contributed by atoms with Crippen LogP contribution in [0.5, 0.6) is 0 Å². The van der Waals surface area contributed by atoms with Crippen LogP contribution in [0.3, 0.4) is 0 Å². The number of amides is 2. The number of aromatic nitrogens is 3. The van der Waals surface area contributed by atoms with Crippen molar-refractivity contribution in [2.75, 3.05) is 25.6 Å². The summed E-state index contributed by atoms with van der Waals surface area (Å²) < 4.78 is 14.3. The summed E-state index contributed by atoms with van der Waals surface area (Å²) in [5, 5.41) is 8.23. The van der Waals surface area contributed by atoms with E-state index in [1.165, 1.54) is 11.8 Å². The van der Waals surface area contributed by atoms with Crippen LogP contribution in [0.1, 0.15) is 17.3 Å². The van der Waals surface area contributed by atoms with Crippen LogP contribution in [0.4, 0.5) is 10.1 Å². The maximum absolute atomic E-state index is 12.6. The van der Waals surface area contributed by atoms with Crippen LogP contribution < -0.4 is 5.32 Å². The summed E-state index contributed by atoms with van der Waals surface area (Å²) in [5.74, 6) is -0.395. The van der Waals surface area contributed by atoms with Gasteiger partial charge in [0.2, 0.25) is 5.91 Å². The first kappa shape index (κ1) is 22.1. The molecule has 0 unspecified atom stereocenters. The minimum Gasteiger partial charge on any atom is -0.339 e. The highest BCUT2D eigenvalue weighted by atomic mass is 19.1. The van der Waals surface area contributed by atoms with Gasteiger partial charge >= 0.3 is 0 Å². The molecule has 1 N–H and O–H groups in total. The van der Waals surface area contributed by atoms with E-state index in [1.54, 1.807) is 24.0 Å². The fourth-order valence-electron chi connectivity index (χ4n) is 3.75. The van der Waals surface area contributed by atoms with E-state index in [9.17, 15) is 14.0 Å². The first-order valence-electron chi connectivity index (χ1n) is 10.5. The fourth-order valence-corrected chi connectivity index (χ4v) is 3.75. The van der Waals surface area contributed by atoms with Crippen molar-refractivity contribution in [1.82, 2.24) is 19.7 Å². The molecule has 0 aliphatic carbocycles. The van der Waals surface area contributed by atoms with Gasteiger partial charge in [-0.1, -0.05) is 30.3 Å². The van der Waals surface area contributed by atoms with Crippen LogP contribution in [-0.2, 0) is 11.8 Å². The van der Waals surface area contributed by atoms with Gasteiger partial charge < -0.3 is 10.2 Å². The van der Waals surface area contributed by atoms with Crippen molar-refractivity contribution in [3.05, 3.63) is 66.4 Å². The molecule has 0 aliphatic heterocycles. The molecule has 8 heteroatoms. The van der Waals surface area contributed by atoms with Crippen molar-refractivity contribution in [2.45, 2.75) is 6.92 Å². The molecule has 0 spiro atoms. The summed E-state index contributed by atoms with van der Waals surface area (Å²) in [7, 11) is 3.41. The third-order valence-electron chi connectivity index (χ3n) is 5.34. The number of carbonyl (C=O) groups is 2. The number of nitrogens with one attached hydrogen (secondary N) is 1. The van der Waals surface area contributed by atoms with Crippen molar-refractivity contribution in [3.63, 3.8) is 0 Å². The SMILES string of the molecule is CC(=O)Nc1cnc2c(c1)c(-c1cccc(-c3cccc(C(=O)N(C)CCF)c3)c1)nn2C. The fraction of sp³-hybridized carbons (Fsp3) is 0.200. The first-order chi connectivity index (χ1) is 15.9. The molecule has 0 aliphatic rings. The van der Waals surface area contributed by atoms with E-state index < -0.39 is 6.67 Å². The predicted octanol–water partition coefficient (Wildman–Crippen LogP) is 4.30. The first-order valence-corrected chi connectivity index (χ1v) is 10.5. The highest BCUT2D eigenvalue weighted by Crippen LogP contribution is 2.31. The molecule has 7 nitrogen and oxygen atoms in total. The summed E-state index contributed by atoms with van der Waals surface area (Å²) in [6.07, 6.45) is 1.61. The highest BCUT2D eigenvalue weighted by molar-refractivity contribution is 5.97. The Morgan fingerprint density at radius 3 is 2.48 bits per heavy atom. The van der Waals surface area contributed by atoms with E-state index >= 15 is 0 Å². The average molecular weight is 445 g/mol. The molecule has 4 aromatic rings. The molecule has 0 fully saturated rings. The molecule has 0 radical (unpaired) electrons. The van der Waals surface area contributed by atoms with Gasteiger partial charge in [0.15, 0.2) is 5.65 Å². The summed E-state index contributed by atoms with van der Waals surface area (Å²) in [5.41, 5.74) is 5.21. The van der Waals surface area contributed by atoms with Crippen LogP contribution in [0.2, 0.25) is 0 Å². The Hall–Kier alpha value is -4.07. The van der Waals surface area contributed by atoms with Crippen molar-refractivity contribution in [1.29, 1.82) is 0 Å². The van der Waals surface area contributed by atoms with Crippen molar-refractivity contribution >= 4 is 28.5 Å². The molecule has 0 saturated carbocycles. The molecule has 33 heavy (non-hydrogen) atoms. The van der Waals surface area contributed by atoms with Crippen molar-refractivity contribution in [2.24, 2.45) is 7.05 Å². The second-order valence-corrected chi connectivity index (χ2v) is 7.83. The smallest absolute Gasteiger partial charge is 0.253 e. The lowest BCUT2D eigenvalue weighted by molar-refractivity contribution is -0.114. The van der Waals surface area contributed by atoms with Crippen LogP contribution in [-0.4, -0.2) is 51.7 Å². The second-order valence-electron chi connectivity index (χ2n) is 7.83. The highest BCUT2D eigenvalue weighted by Gasteiger charge is 2.15. The predicted molar refractivity (Wildman–Crippen MR) is 127 cm³/mol. The summed E-state index contributed by atoms with van der Waals surface area (Å²) in [6, 6.07) is 17.0. The van der Waals surface area contributed by atoms with E-state index in [4.69, 9.17) is 0 Å². The Morgan fingerprint density at radius 1 is 1.06 bits per heavy atom. The van der Waals surface area contributed by atoms with Gasteiger partial charge in [0.25, 0.3) is 5.91 Å². The zero-order chi connectivity index (χ0) is 23.5. The second kappa shape index (κ2) is 9.20. The molecular weight excluding hydrogens is 421 g/mol. The quantitative estimate of drug-likeness (QED) is 0.480. The van der Waals surface area contributed by atoms with Gasteiger partial charge in [0, 0.05) is 44.1 Å². The minimum absolute atomic E-state index is 0.0554. The lowest BCUT2D eigenvalue weighted by Gasteiger charge is -2.15. The van der Waals surface area contributed by atoms with Crippen LogP contribution in [0, 0.1) is 0 Å². The van der Waals surface area contributed by atoms with Gasteiger partial charge in [-0.3, -0.25) is 9.59 Å². The normalized spacial score (nSPS) is 10.9. The third-order valence-corrected chi connectivity index (χ3v) is 5.34. The number of anilines is 1. The van der Waals surface area contributed by atoms with E-state index in [1.807, 2.05) is 55.6 Å². The Bertz CT molecular complexity index is 1350. The Labute approximate surface area is 190 Å². The van der Waals surface area contributed by atoms with Gasteiger partial charge in [0.1, 0.15) is 12.4 Å². The number of nitrogens with zero attached hydrogens (tertiary/aromatic N) is 4. The molecule has 0 saturated heterocycles. The van der Waals surface area contributed by atoms with Gasteiger partial charge in [0.05, 0.1) is 11.9 Å². The molecule has 4 rings (SSSR count). The number of aryl methyl sites for hydroxylation is 1. The van der Waals surface area contributed by atoms with E-state index in [0.717, 1.165) is 27.8 Å². The number of alkyl halides is 1. The maximum atomic E-state index is 12.6. The lowest BCUT2D eigenvalue weighted by atomic mass is 9.99. The molecule has 168 valence electrons. The van der Waals surface area contributed by atoms with Crippen LogP contribution in [0.25, 0.3) is 33.4 Å². The number of pyridine rings is 1. The largest absolute Gasteiger partial charge is 0.339 e. The third kappa shape index (κ3) is 4.59. The molecule has 0 bridgehead atoms. The number of hydrogen-bond acceptors (Lipinski definition) is 4. The van der Waals surface area contributed by atoms with E-state index in [0.29, 0.717) is 16.9 Å². The van der Waals surface area contributed by atoms with E-state index in [-0.39, 0.29) is 18.4 Å². The van der Waals surface area contributed by atoms with Gasteiger partial charge in [-0.05, 0) is 35.4 Å². The number of carbonyl (C=O) groups excluding carboxylic acids is 2. The molecule has 2 aromatic heterocycles. The number of halogens is 1. The Morgan fingerprint density at radius 2 is 1.76 bits per heavy atom.